The van der Waals surface area contributed by atoms with Crippen molar-refractivity contribution in [2.75, 3.05) is 33.3 Å². The first-order chi connectivity index (χ1) is 8.21. The minimum Gasteiger partial charge on any atom is -0.493 e. The monoisotopic (exact) mass is 239 g/mol. The van der Waals surface area contributed by atoms with Gasteiger partial charge in [0.2, 0.25) is 0 Å². The molecule has 0 fully saturated rings. The van der Waals surface area contributed by atoms with E-state index in [-0.39, 0.29) is 0 Å². The summed E-state index contributed by atoms with van der Waals surface area (Å²) in [4.78, 5) is 0. The molecular formula is C13H21NO3. The van der Waals surface area contributed by atoms with Crippen LogP contribution in [0.1, 0.15) is 13.3 Å². The number of nitrogens with one attached hydrogen (secondary N) is 1. The molecule has 1 unspecified atom stereocenters. The van der Waals surface area contributed by atoms with Gasteiger partial charge in [-0.25, -0.2) is 0 Å². The van der Waals surface area contributed by atoms with Gasteiger partial charge in [0, 0.05) is 31.5 Å². The van der Waals surface area contributed by atoms with Crippen LogP contribution in [0.3, 0.4) is 0 Å². The normalized spacial score (nSPS) is 12.0. The summed E-state index contributed by atoms with van der Waals surface area (Å²) in [6.07, 6.45) is 0.963. The second-order valence-electron chi connectivity index (χ2n) is 3.90. The summed E-state index contributed by atoms with van der Waals surface area (Å²) in [6, 6.07) is 6.16. The van der Waals surface area contributed by atoms with Crippen LogP contribution in [-0.4, -0.2) is 34.0 Å². The smallest absolute Gasteiger partial charge is 0.162 e. The molecule has 0 aliphatic heterocycles. The number of methoxy groups -OCH3 is 3. The van der Waals surface area contributed by atoms with Crippen LogP contribution in [0, 0.1) is 0 Å². The molecule has 0 heterocycles. The molecule has 0 spiro atoms. The van der Waals surface area contributed by atoms with Crippen molar-refractivity contribution in [1.82, 2.24) is 0 Å². The van der Waals surface area contributed by atoms with Gasteiger partial charge in [0.1, 0.15) is 0 Å². The first kappa shape index (κ1) is 13.6. The number of benzene rings is 1. The van der Waals surface area contributed by atoms with Gasteiger partial charge in [0.25, 0.3) is 0 Å². The topological polar surface area (TPSA) is 39.7 Å². The Morgan fingerprint density at radius 2 is 1.82 bits per heavy atom. The molecule has 0 radical (unpaired) electrons. The Balaban J connectivity index is 2.65. The Kier molecular flexibility index (Phi) is 5.63. The molecule has 96 valence electrons. The van der Waals surface area contributed by atoms with Gasteiger partial charge in [-0.15, -0.1) is 0 Å². The van der Waals surface area contributed by atoms with E-state index >= 15 is 0 Å². The predicted molar refractivity (Wildman–Crippen MR) is 69.1 cm³/mol. The Morgan fingerprint density at radius 3 is 2.41 bits per heavy atom. The van der Waals surface area contributed by atoms with Crippen molar-refractivity contribution in [1.29, 1.82) is 0 Å². The minimum atomic E-state index is 0.355. The molecule has 0 aliphatic rings. The van der Waals surface area contributed by atoms with Gasteiger partial charge in [0.05, 0.1) is 14.2 Å². The lowest BCUT2D eigenvalue weighted by Crippen LogP contribution is -2.17. The summed E-state index contributed by atoms with van der Waals surface area (Å²) in [5, 5.41) is 3.39. The van der Waals surface area contributed by atoms with Crippen LogP contribution >= 0.6 is 0 Å². The van der Waals surface area contributed by atoms with Gasteiger partial charge in [-0.3, -0.25) is 0 Å². The van der Waals surface area contributed by atoms with Crippen LogP contribution in [0.2, 0.25) is 0 Å². The molecule has 1 rings (SSSR count). The molecule has 1 aromatic carbocycles. The van der Waals surface area contributed by atoms with Gasteiger partial charge < -0.3 is 19.5 Å². The highest BCUT2D eigenvalue weighted by atomic mass is 16.5. The number of ether oxygens (including phenoxy) is 3. The second kappa shape index (κ2) is 7.01. The van der Waals surface area contributed by atoms with E-state index in [9.17, 15) is 0 Å². The van der Waals surface area contributed by atoms with Crippen molar-refractivity contribution in [2.45, 2.75) is 19.4 Å². The van der Waals surface area contributed by atoms with Crippen molar-refractivity contribution >= 4 is 5.69 Å². The zero-order chi connectivity index (χ0) is 12.7. The van der Waals surface area contributed by atoms with Crippen LogP contribution in [0.5, 0.6) is 11.5 Å². The maximum absolute atomic E-state index is 5.25. The van der Waals surface area contributed by atoms with Crippen LogP contribution in [0.15, 0.2) is 18.2 Å². The average molecular weight is 239 g/mol. The average Bonchev–Trinajstić information content (AvgIpc) is 2.36. The molecule has 1 N–H and O–H groups in total. The standard InChI is InChI=1S/C13H21NO3/c1-10(7-8-15-2)14-11-5-6-12(16-3)13(9-11)17-4/h5-6,9-10,14H,7-8H2,1-4H3. The molecule has 0 aromatic heterocycles. The van der Waals surface area contributed by atoms with E-state index in [1.54, 1.807) is 21.3 Å². The lowest BCUT2D eigenvalue weighted by molar-refractivity contribution is 0.191. The fourth-order valence-corrected chi connectivity index (χ4v) is 1.58. The van der Waals surface area contributed by atoms with Crippen molar-refractivity contribution in [3.05, 3.63) is 18.2 Å². The lowest BCUT2D eigenvalue weighted by Gasteiger charge is -2.16. The third-order valence-electron chi connectivity index (χ3n) is 2.55. The minimum absolute atomic E-state index is 0.355. The summed E-state index contributed by atoms with van der Waals surface area (Å²) < 4.78 is 15.5. The van der Waals surface area contributed by atoms with E-state index in [1.807, 2.05) is 18.2 Å². The van der Waals surface area contributed by atoms with Crippen molar-refractivity contribution < 1.29 is 14.2 Å². The molecule has 0 aliphatic carbocycles. The van der Waals surface area contributed by atoms with Gasteiger partial charge in [-0.2, -0.15) is 0 Å². The number of hydrogen-bond acceptors (Lipinski definition) is 4. The Morgan fingerprint density at radius 1 is 1.12 bits per heavy atom. The van der Waals surface area contributed by atoms with Crippen LogP contribution in [0.4, 0.5) is 5.69 Å². The summed E-state index contributed by atoms with van der Waals surface area (Å²) >= 11 is 0. The number of hydrogen-bond donors (Lipinski definition) is 1. The summed E-state index contributed by atoms with van der Waals surface area (Å²) in [7, 11) is 4.98. The molecule has 0 bridgehead atoms. The Labute approximate surface area is 103 Å². The summed E-state index contributed by atoms with van der Waals surface area (Å²) in [5.74, 6) is 1.47. The van der Waals surface area contributed by atoms with Gasteiger partial charge in [0.15, 0.2) is 11.5 Å². The molecule has 17 heavy (non-hydrogen) atoms. The molecular weight excluding hydrogens is 218 g/mol. The summed E-state index contributed by atoms with van der Waals surface area (Å²) in [5.41, 5.74) is 1.02. The third-order valence-corrected chi connectivity index (χ3v) is 2.55. The quantitative estimate of drug-likeness (QED) is 0.793. The van der Waals surface area contributed by atoms with E-state index in [0.717, 1.165) is 30.2 Å². The van der Waals surface area contributed by atoms with Gasteiger partial charge in [-0.05, 0) is 25.5 Å². The van der Waals surface area contributed by atoms with Crippen molar-refractivity contribution in [3.63, 3.8) is 0 Å². The molecule has 4 nitrogen and oxygen atoms in total. The zero-order valence-corrected chi connectivity index (χ0v) is 10.9. The van der Waals surface area contributed by atoms with E-state index in [2.05, 4.69) is 12.2 Å². The second-order valence-corrected chi connectivity index (χ2v) is 3.90. The Hall–Kier alpha value is -1.42. The number of anilines is 1. The molecule has 4 heteroatoms. The highest BCUT2D eigenvalue weighted by molar-refractivity contribution is 5.55. The molecule has 1 aromatic rings. The first-order valence-corrected chi connectivity index (χ1v) is 5.68. The van der Waals surface area contributed by atoms with Gasteiger partial charge >= 0.3 is 0 Å². The van der Waals surface area contributed by atoms with Crippen LogP contribution in [-0.2, 0) is 4.74 Å². The zero-order valence-electron chi connectivity index (χ0n) is 10.9. The van der Waals surface area contributed by atoms with E-state index < -0.39 is 0 Å². The molecule has 0 saturated heterocycles. The van der Waals surface area contributed by atoms with Crippen LogP contribution < -0.4 is 14.8 Å². The highest BCUT2D eigenvalue weighted by Gasteiger charge is 2.06. The first-order valence-electron chi connectivity index (χ1n) is 5.68. The summed E-state index contributed by atoms with van der Waals surface area (Å²) in [6.45, 7) is 2.87. The molecule has 1 atom stereocenters. The lowest BCUT2D eigenvalue weighted by atomic mass is 10.2. The van der Waals surface area contributed by atoms with Crippen molar-refractivity contribution in [3.8, 4) is 11.5 Å². The van der Waals surface area contributed by atoms with E-state index in [0.29, 0.717) is 6.04 Å². The maximum Gasteiger partial charge on any atom is 0.162 e. The number of rotatable bonds is 7. The van der Waals surface area contributed by atoms with E-state index in [1.165, 1.54) is 0 Å². The predicted octanol–water partition coefficient (Wildman–Crippen LogP) is 2.54. The molecule has 0 amide bonds. The Bertz CT molecular complexity index is 341. The van der Waals surface area contributed by atoms with Crippen molar-refractivity contribution in [2.24, 2.45) is 0 Å². The largest absolute Gasteiger partial charge is 0.493 e. The fourth-order valence-electron chi connectivity index (χ4n) is 1.58. The SMILES string of the molecule is COCCC(C)Nc1ccc(OC)c(OC)c1. The third kappa shape index (κ3) is 4.15. The van der Waals surface area contributed by atoms with E-state index in [4.69, 9.17) is 14.2 Å². The van der Waals surface area contributed by atoms with Gasteiger partial charge in [-0.1, -0.05) is 0 Å². The fraction of sp³-hybridized carbons (Fsp3) is 0.538. The maximum atomic E-state index is 5.25. The molecule has 0 saturated carbocycles. The highest BCUT2D eigenvalue weighted by Crippen LogP contribution is 2.30. The van der Waals surface area contributed by atoms with Crippen LogP contribution in [0.25, 0.3) is 0 Å².